The highest BCUT2D eigenvalue weighted by atomic mass is 32.1. The van der Waals surface area contributed by atoms with Gasteiger partial charge in [-0.25, -0.2) is 14.5 Å². The molecule has 0 aliphatic heterocycles. The summed E-state index contributed by atoms with van der Waals surface area (Å²) in [6.07, 6.45) is 5.50. The average molecular weight is 821 g/mol. The zero-order chi connectivity index (χ0) is 42.0. The lowest BCUT2D eigenvalue weighted by Crippen LogP contribution is -2.20. The van der Waals surface area contributed by atoms with Crippen molar-refractivity contribution in [2.45, 2.75) is 46.8 Å². The number of benzene rings is 2. The molecule has 0 unspecified atom stereocenters. The van der Waals surface area contributed by atoms with E-state index >= 15 is 0 Å². The van der Waals surface area contributed by atoms with Gasteiger partial charge < -0.3 is 35.2 Å². The first-order valence-corrected chi connectivity index (χ1v) is 19.2. The van der Waals surface area contributed by atoms with Gasteiger partial charge in [-0.1, -0.05) is 23.5 Å². The molecule has 6 N–H and O–H groups in total. The third-order valence-corrected chi connectivity index (χ3v) is 10.2. The van der Waals surface area contributed by atoms with E-state index in [9.17, 15) is 24.3 Å². The number of nitrogens with zero attached hydrogens (tertiary/aromatic N) is 9. The maximum Gasteiger partial charge on any atom is 0.297 e. The molecule has 4 amide bonds. The number of carbonyl (C=O) groups excluding carboxylic acids is 4. The van der Waals surface area contributed by atoms with Gasteiger partial charge in [0.15, 0.2) is 10.4 Å². The summed E-state index contributed by atoms with van der Waals surface area (Å²) in [5, 5.41) is 21.0. The van der Waals surface area contributed by atoms with Crippen LogP contribution in [-0.2, 0) is 19.6 Å². The maximum absolute atomic E-state index is 13.9. The van der Waals surface area contributed by atoms with E-state index in [1.54, 1.807) is 51.9 Å². The number of anilines is 1. The van der Waals surface area contributed by atoms with Gasteiger partial charge in [-0.3, -0.25) is 29.2 Å². The van der Waals surface area contributed by atoms with Crippen LogP contribution >= 0.6 is 11.3 Å². The average Bonchev–Trinajstić information content (AvgIpc) is 3.99. The van der Waals surface area contributed by atoms with E-state index < -0.39 is 23.6 Å². The number of carbonyl (C=O) groups is 4. The predicted octanol–water partition coefficient (Wildman–Crippen LogP) is 3.15. The maximum atomic E-state index is 13.9. The van der Waals surface area contributed by atoms with E-state index in [1.165, 1.54) is 47.4 Å². The van der Waals surface area contributed by atoms with Crippen LogP contribution in [-0.4, -0.2) is 87.6 Å². The summed E-state index contributed by atoms with van der Waals surface area (Å²) in [4.78, 5) is 66.0. The van der Waals surface area contributed by atoms with Crippen molar-refractivity contribution in [1.29, 1.82) is 0 Å². The fraction of sp³-hybridized carbons (Fsp3) is 0.256. The Morgan fingerprint density at radius 1 is 0.915 bits per heavy atom. The number of aliphatic hydroxyl groups excluding tert-OH is 1. The Balaban J connectivity index is 1.31. The van der Waals surface area contributed by atoms with Gasteiger partial charge in [0.05, 0.1) is 35.8 Å². The van der Waals surface area contributed by atoms with Crippen molar-refractivity contribution in [3.8, 4) is 11.5 Å². The number of amides is 4. The van der Waals surface area contributed by atoms with Crippen molar-refractivity contribution in [2.75, 3.05) is 25.6 Å². The number of allylic oxidation sites excluding steroid dienone is 2. The number of imidazole rings is 1. The van der Waals surface area contributed by atoms with Gasteiger partial charge in [-0.05, 0) is 57.2 Å². The highest BCUT2D eigenvalue weighted by Crippen LogP contribution is 2.32. The van der Waals surface area contributed by atoms with Crippen LogP contribution in [0.25, 0.3) is 26.9 Å². The molecule has 2 aromatic carbocycles. The van der Waals surface area contributed by atoms with Crippen LogP contribution < -0.4 is 31.1 Å². The molecular weight excluding hydrogens is 781 g/mol. The SMILES string of the molecule is CCn1nc(C)cc1C(=O)N=c1sc2cc(C(N)=O)cc(OC)c2n1C/C=C/Cn1c(NC(=O)c2cc(C)nc3ccnn23)nc2cc(C(N)=O)cc(OCCCO)c21. The number of aromatic nitrogens is 8. The summed E-state index contributed by atoms with van der Waals surface area (Å²) in [5.41, 5.74) is 15.3. The van der Waals surface area contributed by atoms with E-state index in [4.69, 9.17) is 25.9 Å². The van der Waals surface area contributed by atoms with Crippen LogP contribution in [0.4, 0.5) is 5.95 Å². The van der Waals surface area contributed by atoms with Gasteiger partial charge in [0, 0.05) is 55.5 Å². The topological polar surface area (TPSA) is 254 Å². The molecule has 7 rings (SSSR count). The molecule has 0 atom stereocenters. The zero-order valence-corrected chi connectivity index (χ0v) is 33.3. The van der Waals surface area contributed by atoms with Crippen LogP contribution in [0.1, 0.15) is 66.4 Å². The number of rotatable bonds is 15. The van der Waals surface area contributed by atoms with Gasteiger partial charge in [0.25, 0.3) is 11.8 Å². The number of nitrogens with one attached hydrogen (secondary N) is 1. The molecule has 0 saturated heterocycles. The lowest BCUT2D eigenvalue weighted by molar-refractivity contribution is 0.0982. The Bertz CT molecular complexity index is 2900. The molecule has 0 spiro atoms. The van der Waals surface area contributed by atoms with Crippen LogP contribution in [0.3, 0.4) is 0 Å². The third-order valence-electron chi connectivity index (χ3n) is 9.20. The highest BCUT2D eigenvalue weighted by molar-refractivity contribution is 7.16. The van der Waals surface area contributed by atoms with Crippen LogP contribution in [0.15, 0.2) is 65.8 Å². The number of hydrogen-bond donors (Lipinski definition) is 4. The summed E-state index contributed by atoms with van der Waals surface area (Å²) in [7, 11) is 1.47. The predicted molar refractivity (Wildman–Crippen MR) is 218 cm³/mol. The number of primary amides is 2. The molecule has 0 bridgehead atoms. The van der Waals surface area contributed by atoms with Crippen LogP contribution in [0.2, 0.25) is 0 Å². The van der Waals surface area contributed by atoms with Crippen molar-refractivity contribution in [1.82, 2.24) is 38.5 Å². The summed E-state index contributed by atoms with van der Waals surface area (Å²) >= 11 is 1.19. The molecule has 0 radical (unpaired) electrons. The number of nitrogens with two attached hydrogens (primary N) is 2. The van der Waals surface area contributed by atoms with Crippen LogP contribution in [0, 0.1) is 13.8 Å². The molecule has 0 saturated carbocycles. The zero-order valence-electron chi connectivity index (χ0n) is 32.5. The van der Waals surface area contributed by atoms with Gasteiger partial charge >= 0.3 is 0 Å². The molecule has 19 nitrogen and oxygen atoms in total. The molecule has 5 aromatic heterocycles. The number of aliphatic hydroxyl groups is 1. The molecule has 0 aliphatic rings. The molecular formula is C39H40N12O7S. The van der Waals surface area contributed by atoms with E-state index in [0.717, 1.165) is 0 Å². The number of aryl methyl sites for hydroxylation is 3. The van der Waals surface area contributed by atoms with Crippen molar-refractivity contribution >= 4 is 67.8 Å². The van der Waals surface area contributed by atoms with Gasteiger partial charge in [-0.2, -0.15) is 15.2 Å². The lowest BCUT2D eigenvalue weighted by atomic mass is 10.1. The third kappa shape index (κ3) is 8.03. The second-order valence-corrected chi connectivity index (χ2v) is 14.3. The Morgan fingerprint density at radius 2 is 1.63 bits per heavy atom. The van der Waals surface area contributed by atoms with E-state index in [0.29, 0.717) is 67.5 Å². The molecule has 5 heterocycles. The number of ether oxygens (including phenoxy) is 2. The Kier molecular flexibility index (Phi) is 11.3. The van der Waals surface area contributed by atoms with Crippen molar-refractivity contribution in [3.63, 3.8) is 0 Å². The van der Waals surface area contributed by atoms with Gasteiger partial charge in [-0.15, -0.1) is 0 Å². The standard InChI is InChI=1S/C39H40N12O7S/c1-5-50-26(16-22(3)47-50)36(55)46-39-49(33-28(57-4)18-24(35(41)54)20-30(33)59-39)12-7-6-11-48-32-25(17-23(34(40)53)19-29(32)58-14-8-13-52)44-38(48)45-37(56)27-15-21(2)43-31-9-10-42-51(27)31/h6-7,9-10,15-20,52H,5,8,11-14H2,1-4H3,(H2,40,53)(H2,41,54)(H,44,45,56)/b7-6+,46-39?. The minimum absolute atomic E-state index is 0.120. The molecule has 0 aliphatic carbocycles. The van der Waals surface area contributed by atoms with Crippen molar-refractivity contribution in [2.24, 2.45) is 16.5 Å². The Morgan fingerprint density at radius 3 is 2.34 bits per heavy atom. The minimum Gasteiger partial charge on any atom is -0.494 e. The summed E-state index contributed by atoms with van der Waals surface area (Å²) < 4.78 is 18.8. The summed E-state index contributed by atoms with van der Waals surface area (Å²) in [6, 6.07) is 11.1. The Hall–Kier alpha value is -7.19. The molecule has 59 heavy (non-hydrogen) atoms. The second kappa shape index (κ2) is 16.7. The first-order chi connectivity index (χ1) is 28.4. The largest absolute Gasteiger partial charge is 0.494 e. The number of thiazole rings is 1. The Labute approximate surface area is 339 Å². The molecule has 7 aromatic rings. The quantitative estimate of drug-likeness (QED) is 0.0863. The van der Waals surface area contributed by atoms with Gasteiger partial charge in [0.2, 0.25) is 17.8 Å². The first kappa shape index (κ1) is 40.0. The number of fused-ring (bicyclic) bond motifs is 3. The normalized spacial score (nSPS) is 12.0. The number of methoxy groups -OCH3 is 1. The second-order valence-electron chi connectivity index (χ2n) is 13.3. The van der Waals surface area contributed by atoms with Crippen LogP contribution in [0.5, 0.6) is 11.5 Å². The van der Waals surface area contributed by atoms with Gasteiger partial charge in [0.1, 0.15) is 33.9 Å². The first-order valence-electron chi connectivity index (χ1n) is 18.4. The summed E-state index contributed by atoms with van der Waals surface area (Å²) in [5.74, 6) is -1.65. The molecule has 0 fully saturated rings. The van der Waals surface area contributed by atoms with E-state index in [2.05, 4.69) is 25.5 Å². The minimum atomic E-state index is -0.709. The number of hydrogen-bond acceptors (Lipinski definition) is 12. The fourth-order valence-electron chi connectivity index (χ4n) is 6.56. The molecule has 304 valence electrons. The van der Waals surface area contributed by atoms with E-state index in [1.807, 2.05) is 19.1 Å². The van der Waals surface area contributed by atoms with Crippen molar-refractivity contribution < 1.29 is 33.8 Å². The monoisotopic (exact) mass is 820 g/mol. The fourth-order valence-corrected chi connectivity index (χ4v) is 7.65. The molecule has 20 heteroatoms. The smallest absolute Gasteiger partial charge is 0.297 e. The highest BCUT2D eigenvalue weighted by Gasteiger charge is 2.22. The lowest BCUT2D eigenvalue weighted by Gasteiger charge is -2.13. The van der Waals surface area contributed by atoms with Crippen molar-refractivity contribution in [3.05, 3.63) is 99.5 Å². The summed E-state index contributed by atoms with van der Waals surface area (Å²) in [6.45, 7) is 6.20. The van der Waals surface area contributed by atoms with E-state index in [-0.39, 0.29) is 54.8 Å².